The first-order valence-corrected chi connectivity index (χ1v) is 6.77. The lowest BCUT2D eigenvalue weighted by atomic mass is 10.0. The Morgan fingerprint density at radius 3 is 2.85 bits per heavy atom. The highest BCUT2D eigenvalue weighted by Gasteiger charge is 2.37. The summed E-state index contributed by atoms with van der Waals surface area (Å²) in [6.07, 6.45) is 3.34. The van der Waals surface area contributed by atoms with Crippen LogP contribution in [0.4, 0.5) is 5.69 Å². The van der Waals surface area contributed by atoms with Gasteiger partial charge in [0.05, 0.1) is 19.9 Å². The number of nitrogens with zero attached hydrogens (tertiary/aromatic N) is 1. The van der Waals surface area contributed by atoms with Crippen molar-refractivity contribution in [2.24, 2.45) is 0 Å². The van der Waals surface area contributed by atoms with Crippen LogP contribution >= 0.6 is 0 Å². The number of ether oxygens (including phenoxy) is 2. The van der Waals surface area contributed by atoms with Crippen LogP contribution in [-0.2, 0) is 16.0 Å². The van der Waals surface area contributed by atoms with Crippen LogP contribution in [-0.4, -0.2) is 32.1 Å². The van der Waals surface area contributed by atoms with E-state index in [1.165, 1.54) is 14.2 Å². The summed E-state index contributed by atoms with van der Waals surface area (Å²) in [6, 6.07) is 3.81. The molecule has 0 aromatic heterocycles. The van der Waals surface area contributed by atoms with Crippen molar-refractivity contribution >= 4 is 17.6 Å². The topological polar surface area (TPSA) is 55.8 Å². The second-order valence-electron chi connectivity index (χ2n) is 5.19. The van der Waals surface area contributed by atoms with E-state index >= 15 is 0 Å². The maximum absolute atomic E-state index is 12.1. The van der Waals surface area contributed by atoms with Gasteiger partial charge in [0, 0.05) is 18.5 Å². The van der Waals surface area contributed by atoms with Crippen LogP contribution in [0.25, 0.3) is 0 Å². The van der Waals surface area contributed by atoms with Crippen molar-refractivity contribution in [2.75, 3.05) is 19.1 Å². The highest BCUT2D eigenvalue weighted by Crippen LogP contribution is 2.41. The van der Waals surface area contributed by atoms with Gasteiger partial charge < -0.3 is 14.4 Å². The van der Waals surface area contributed by atoms with Gasteiger partial charge in [-0.25, -0.2) is 4.79 Å². The van der Waals surface area contributed by atoms with Gasteiger partial charge in [-0.2, -0.15) is 0 Å². The molecule has 1 aromatic rings. The molecule has 2 aliphatic rings. The van der Waals surface area contributed by atoms with Crippen LogP contribution in [0.15, 0.2) is 12.1 Å². The molecule has 0 N–H and O–H groups in total. The summed E-state index contributed by atoms with van der Waals surface area (Å²) in [5.41, 5.74) is 2.32. The number of anilines is 1. The van der Waals surface area contributed by atoms with E-state index in [1.54, 1.807) is 12.1 Å². The zero-order chi connectivity index (χ0) is 14.3. The summed E-state index contributed by atoms with van der Waals surface area (Å²) in [5, 5.41) is 0. The van der Waals surface area contributed by atoms with Crippen LogP contribution in [0.1, 0.15) is 35.2 Å². The number of methoxy groups -OCH3 is 2. The Bertz CT molecular complexity index is 581. The van der Waals surface area contributed by atoms with Gasteiger partial charge in [-0.3, -0.25) is 4.79 Å². The number of hydrogen-bond donors (Lipinski definition) is 0. The highest BCUT2D eigenvalue weighted by atomic mass is 16.5. The summed E-state index contributed by atoms with van der Waals surface area (Å²) < 4.78 is 10.0. The third-order valence-corrected chi connectivity index (χ3v) is 4.08. The van der Waals surface area contributed by atoms with Crippen LogP contribution in [0, 0.1) is 0 Å². The third kappa shape index (κ3) is 1.85. The van der Waals surface area contributed by atoms with Crippen LogP contribution in [0.5, 0.6) is 5.75 Å². The molecule has 3 rings (SSSR count). The van der Waals surface area contributed by atoms with E-state index in [0.717, 1.165) is 30.5 Å². The maximum atomic E-state index is 12.1. The molecular weight excluding hydrogens is 258 g/mol. The number of hydrogen-bond acceptors (Lipinski definition) is 4. The van der Waals surface area contributed by atoms with Gasteiger partial charge in [-0.1, -0.05) is 0 Å². The molecule has 0 saturated carbocycles. The van der Waals surface area contributed by atoms with Crippen LogP contribution < -0.4 is 9.64 Å². The molecule has 0 spiro atoms. The Hall–Kier alpha value is -2.04. The highest BCUT2D eigenvalue weighted by molar-refractivity contribution is 5.99. The minimum Gasteiger partial charge on any atom is -0.496 e. The molecule has 2 aliphatic heterocycles. The SMILES string of the molecule is COC(=O)c1cc2c(cc1OC)N1C(=O)CCC[C@@H]1C2. The predicted octanol–water partition coefficient (Wildman–Crippen LogP) is 1.92. The second kappa shape index (κ2) is 4.81. The van der Waals surface area contributed by atoms with E-state index in [9.17, 15) is 9.59 Å². The van der Waals surface area contributed by atoms with Gasteiger partial charge in [0.25, 0.3) is 0 Å². The number of piperidine rings is 1. The molecule has 1 saturated heterocycles. The predicted molar refractivity (Wildman–Crippen MR) is 73.2 cm³/mol. The average Bonchev–Trinajstić information content (AvgIpc) is 2.83. The fourth-order valence-corrected chi connectivity index (χ4v) is 3.16. The zero-order valence-electron chi connectivity index (χ0n) is 11.6. The van der Waals surface area contributed by atoms with Gasteiger partial charge >= 0.3 is 5.97 Å². The first kappa shape index (κ1) is 13.0. The molecule has 1 aromatic carbocycles. The van der Waals surface area contributed by atoms with E-state index in [4.69, 9.17) is 9.47 Å². The largest absolute Gasteiger partial charge is 0.496 e. The Morgan fingerprint density at radius 2 is 2.15 bits per heavy atom. The first-order valence-electron chi connectivity index (χ1n) is 6.77. The lowest BCUT2D eigenvalue weighted by molar-refractivity contribution is -0.120. The van der Waals surface area contributed by atoms with E-state index < -0.39 is 5.97 Å². The molecule has 0 unspecified atom stereocenters. The summed E-state index contributed by atoms with van der Waals surface area (Å²) in [7, 11) is 2.86. The fraction of sp³-hybridized carbons (Fsp3) is 0.467. The van der Waals surface area contributed by atoms with Gasteiger partial charge in [0.2, 0.25) is 5.91 Å². The van der Waals surface area contributed by atoms with Crippen LogP contribution in [0.2, 0.25) is 0 Å². The molecule has 106 valence electrons. The molecular formula is C15H17NO4. The summed E-state index contributed by atoms with van der Waals surface area (Å²) in [5.74, 6) is 0.198. The smallest absolute Gasteiger partial charge is 0.341 e. The summed E-state index contributed by atoms with van der Waals surface area (Å²) in [6.45, 7) is 0. The lowest BCUT2D eigenvalue weighted by Gasteiger charge is -2.30. The van der Waals surface area contributed by atoms with Crippen molar-refractivity contribution in [2.45, 2.75) is 31.7 Å². The van der Waals surface area contributed by atoms with E-state index in [-0.39, 0.29) is 11.9 Å². The quantitative estimate of drug-likeness (QED) is 0.774. The van der Waals surface area contributed by atoms with Crippen molar-refractivity contribution in [3.63, 3.8) is 0 Å². The number of rotatable bonds is 2. The fourth-order valence-electron chi connectivity index (χ4n) is 3.16. The standard InChI is InChI=1S/C15H17NO4/c1-19-13-8-12-9(7-11(13)15(18)20-2)6-10-4-3-5-14(17)16(10)12/h7-8,10H,3-6H2,1-2H3/t10-/m1/s1. The number of amides is 1. The van der Waals surface area contributed by atoms with Crippen molar-refractivity contribution in [3.8, 4) is 5.75 Å². The second-order valence-corrected chi connectivity index (χ2v) is 5.19. The molecule has 0 radical (unpaired) electrons. The first-order chi connectivity index (χ1) is 9.65. The Morgan fingerprint density at radius 1 is 1.35 bits per heavy atom. The lowest BCUT2D eigenvalue weighted by Crippen LogP contribution is -2.41. The molecule has 1 atom stereocenters. The van der Waals surface area contributed by atoms with E-state index in [2.05, 4.69) is 0 Å². The number of fused-ring (bicyclic) bond motifs is 3. The summed E-state index contributed by atoms with van der Waals surface area (Å²) in [4.78, 5) is 25.8. The molecule has 0 bridgehead atoms. The van der Waals surface area contributed by atoms with Crippen molar-refractivity contribution in [3.05, 3.63) is 23.3 Å². The van der Waals surface area contributed by atoms with Crippen molar-refractivity contribution in [1.29, 1.82) is 0 Å². The van der Waals surface area contributed by atoms with Gasteiger partial charge in [0.15, 0.2) is 0 Å². The van der Waals surface area contributed by atoms with Gasteiger partial charge in [-0.15, -0.1) is 0 Å². The number of benzene rings is 1. The molecule has 1 amide bonds. The van der Waals surface area contributed by atoms with Crippen molar-refractivity contribution < 1.29 is 19.1 Å². The summed E-state index contributed by atoms with van der Waals surface area (Å²) >= 11 is 0. The van der Waals surface area contributed by atoms with Gasteiger partial charge in [-0.05, 0) is 30.9 Å². The Balaban J connectivity index is 2.08. The normalized spacial score (nSPS) is 20.4. The van der Waals surface area contributed by atoms with Gasteiger partial charge in [0.1, 0.15) is 11.3 Å². The third-order valence-electron chi connectivity index (χ3n) is 4.08. The van der Waals surface area contributed by atoms with Crippen LogP contribution in [0.3, 0.4) is 0 Å². The van der Waals surface area contributed by atoms with E-state index in [0.29, 0.717) is 17.7 Å². The Kier molecular flexibility index (Phi) is 3.12. The van der Waals surface area contributed by atoms with Crippen molar-refractivity contribution in [1.82, 2.24) is 0 Å². The molecule has 20 heavy (non-hydrogen) atoms. The zero-order valence-corrected chi connectivity index (χ0v) is 11.6. The average molecular weight is 275 g/mol. The minimum absolute atomic E-state index is 0.160. The molecule has 5 nitrogen and oxygen atoms in total. The van der Waals surface area contributed by atoms with E-state index in [1.807, 2.05) is 4.90 Å². The maximum Gasteiger partial charge on any atom is 0.341 e. The minimum atomic E-state index is -0.416. The monoisotopic (exact) mass is 275 g/mol. The number of esters is 1. The number of carbonyl (C=O) groups excluding carboxylic acids is 2. The molecule has 5 heteroatoms. The Labute approximate surface area is 117 Å². The number of carbonyl (C=O) groups is 2. The molecule has 0 aliphatic carbocycles. The molecule has 2 heterocycles. The molecule has 1 fully saturated rings.